The van der Waals surface area contributed by atoms with Gasteiger partial charge in [-0.3, -0.25) is 0 Å². The van der Waals surface area contributed by atoms with Crippen molar-refractivity contribution < 1.29 is 9.90 Å². The largest absolute Gasteiger partial charge is 0.545 e. The Morgan fingerprint density at radius 3 is 3.00 bits per heavy atom. The number of fused-ring (bicyclic) bond motifs is 1. The topological polar surface area (TPSA) is 65.9 Å². The lowest BCUT2D eigenvalue weighted by Crippen LogP contribution is -2.22. The highest BCUT2D eigenvalue weighted by Crippen LogP contribution is 2.09. The second-order valence-electron chi connectivity index (χ2n) is 2.56. The van der Waals surface area contributed by atoms with Crippen LogP contribution >= 0.6 is 0 Å². The van der Waals surface area contributed by atoms with Crippen LogP contribution < -0.4 is 5.11 Å². The number of nitrogens with zero attached hydrogens (tertiary/aromatic N) is 2. The molecule has 0 spiro atoms. The zero-order valence-corrected chi connectivity index (χ0v) is 6.60. The van der Waals surface area contributed by atoms with Crippen molar-refractivity contribution in [2.75, 3.05) is 0 Å². The molecule has 64 valence electrons. The van der Waals surface area contributed by atoms with Gasteiger partial charge < -0.3 is 9.90 Å². The quantitative estimate of drug-likeness (QED) is 0.608. The van der Waals surface area contributed by atoms with E-state index in [1.54, 1.807) is 18.3 Å². The van der Waals surface area contributed by atoms with Gasteiger partial charge in [-0.25, -0.2) is 9.97 Å². The summed E-state index contributed by atoms with van der Waals surface area (Å²) in [6.07, 6.45) is 2.85. The van der Waals surface area contributed by atoms with E-state index in [1.165, 1.54) is 12.3 Å². The smallest absolute Gasteiger partial charge is 0.159 e. The molecule has 2 aromatic heterocycles. The van der Waals surface area contributed by atoms with Crippen LogP contribution in [0.3, 0.4) is 0 Å². The van der Waals surface area contributed by atoms with Gasteiger partial charge in [-0.15, -0.1) is 0 Å². The lowest BCUT2D eigenvalue weighted by atomic mass is 10.2. The van der Waals surface area contributed by atoms with E-state index >= 15 is 0 Å². The van der Waals surface area contributed by atoms with Gasteiger partial charge in [0, 0.05) is 23.3 Å². The average Bonchev–Trinajstić information content (AvgIpc) is 2.17. The number of carboxylic acid groups (broad SMARTS) is 1. The Morgan fingerprint density at radius 1 is 1.38 bits per heavy atom. The fourth-order valence-corrected chi connectivity index (χ4v) is 1.08. The third-order valence-corrected chi connectivity index (χ3v) is 1.69. The molecule has 4 heteroatoms. The molecule has 0 aromatic carbocycles. The van der Waals surface area contributed by atoms with E-state index in [9.17, 15) is 9.90 Å². The number of aromatic nitrogens is 2. The second kappa shape index (κ2) is 2.82. The minimum absolute atomic E-state index is 0.0699. The van der Waals surface area contributed by atoms with Crippen LogP contribution in [0.25, 0.3) is 11.0 Å². The van der Waals surface area contributed by atoms with Crippen LogP contribution in [-0.4, -0.2) is 15.9 Å². The highest BCUT2D eigenvalue weighted by Gasteiger charge is 1.97. The first kappa shape index (κ1) is 7.67. The third kappa shape index (κ3) is 1.33. The van der Waals surface area contributed by atoms with Crippen molar-refractivity contribution in [3.63, 3.8) is 0 Å². The monoisotopic (exact) mass is 173 g/mol. The third-order valence-electron chi connectivity index (χ3n) is 1.69. The zero-order chi connectivity index (χ0) is 9.26. The minimum Gasteiger partial charge on any atom is -0.545 e. The van der Waals surface area contributed by atoms with Crippen LogP contribution in [0.15, 0.2) is 30.6 Å². The van der Waals surface area contributed by atoms with E-state index in [1.807, 2.05) is 0 Å². The molecule has 0 radical (unpaired) electrons. The first-order valence-electron chi connectivity index (χ1n) is 3.69. The van der Waals surface area contributed by atoms with E-state index in [2.05, 4.69) is 9.97 Å². The van der Waals surface area contributed by atoms with Crippen molar-refractivity contribution in [2.45, 2.75) is 0 Å². The minimum atomic E-state index is -1.22. The molecular formula is C9H5N2O2-. The van der Waals surface area contributed by atoms with Crippen LogP contribution in [0.1, 0.15) is 10.4 Å². The highest BCUT2D eigenvalue weighted by atomic mass is 16.4. The van der Waals surface area contributed by atoms with Crippen molar-refractivity contribution in [2.24, 2.45) is 0 Å². The summed E-state index contributed by atoms with van der Waals surface area (Å²) in [5.74, 6) is -1.22. The summed E-state index contributed by atoms with van der Waals surface area (Å²) in [4.78, 5) is 18.3. The van der Waals surface area contributed by atoms with Gasteiger partial charge in [-0.05, 0) is 18.2 Å². The molecule has 0 saturated carbocycles. The van der Waals surface area contributed by atoms with E-state index in [4.69, 9.17) is 0 Å². The maximum atomic E-state index is 10.5. The number of carboxylic acids is 1. The number of hydrogen-bond acceptors (Lipinski definition) is 4. The lowest BCUT2D eigenvalue weighted by molar-refractivity contribution is -0.255. The van der Waals surface area contributed by atoms with Gasteiger partial charge in [0.05, 0.1) is 5.97 Å². The number of rotatable bonds is 1. The highest BCUT2D eigenvalue weighted by molar-refractivity contribution is 5.90. The number of hydrogen-bond donors (Lipinski definition) is 0. The lowest BCUT2D eigenvalue weighted by Gasteiger charge is -2.01. The fraction of sp³-hybridized carbons (Fsp3) is 0. The van der Waals surface area contributed by atoms with Crippen LogP contribution in [0.2, 0.25) is 0 Å². The molecule has 2 rings (SSSR count). The number of aromatic carboxylic acids is 1. The molecule has 4 nitrogen and oxygen atoms in total. The molecule has 0 saturated heterocycles. The fourth-order valence-electron chi connectivity index (χ4n) is 1.08. The average molecular weight is 173 g/mol. The zero-order valence-electron chi connectivity index (χ0n) is 6.60. The summed E-state index contributed by atoms with van der Waals surface area (Å²) in [6, 6.07) is 4.97. The Labute approximate surface area is 73.9 Å². The first-order valence-corrected chi connectivity index (χ1v) is 3.69. The Bertz CT molecular complexity index is 468. The molecule has 0 N–H and O–H groups in total. The number of pyridine rings is 2. The summed E-state index contributed by atoms with van der Waals surface area (Å²) in [5, 5.41) is 11.2. The molecule has 2 heterocycles. The van der Waals surface area contributed by atoms with E-state index in [-0.39, 0.29) is 5.56 Å². The van der Waals surface area contributed by atoms with Crippen LogP contribution in [0, 0.1) is 0 Å². The predicted molar refractivity (Wildman–Crippen MR) is 43.9 cm³/mol. The van der Waals surface area contributed by atoms with E-state index < -0.39 is 5.97 Å². The van der Waals surface area contributed by atoms with Crippen LogP contribution in [0.4, 0.5) is 0 Å². The summed E-state index contributed by atoms with van der Waals surface area (Å²) in [5.41, 5.74) is 0.605. The summed E-state index contributed by atoms with van der Waals surface area (Å²) in [6.45, 7) is 0. The molecule has 0 unspecified atom stereocenters. The summed E-state index contributed by atoms with van der Waals surface area (Å²) >= 11 is 0. The normalized spacial score (nSPS) is 10.2. The Kier molecular flexibility index (Phi) is 1.66. The second-order valence-corrected chi connectivity index (χ2v) is 2.56. The molecular weight excluding hydrogens is 168 g/mol. The van der Waals surface area contributed by atoms with Gasteiger partial charge in [0.15, 0.2) is 5.65 Å². The summed E-state index contributed by atoms with van der Waals surface area (Å²) in [7, 11) is 0. The van der Waals surface area contributed by atoms with Crippen LogP contribution in [-0.2, 0) is 0 Å². The molecule has 0 aliphatic rings. The van der Waals surface area contributed by atoms with Crippen LogP contribution in [0.5, 0.6) is 0 Å². The van der Waals surface area contributed by atoms with Gasteiger partial charge in [0.2, 0.25) is 0 Å². The molecule has 0 aliphatic carbocycles. The van der Waals surface area contributed by atoms with Gasteiger partial charge in [0.1, 0.15) is 0 Å². The van der Waals surface area contributed by atoms with Gasteiger partial charge in [-0.1, -0.05) is 0 Å². The van der Waals surface area contributed by atoms with Gasteiger partial charge in [0.25, 0.3) is 0 Å². The molecule has 2 aromatic rings. The molecule has 0 amide bonds. The SMILES string of the molecule is O=C([O-])c1cnc2ncccc2c1. The molecule has 0 bridgehead atoms. The Morgan fingerprint density at radius 2 is 2.23 bits per heavy atom. The van der Waals surface area contributed by atoms with Gasteiger partial charge in [-0.2, -0.15) is 0 Å². The van der Waals surface area contributed by atoms with Crippen molar-refractivity contribution in [3.05, 3.63) is 36.2 Å². The standard InChI is InChI=1S/C9H6N2O2/c12-9(13)7-4-6-2-1-3-10-8(6)11-5-7/h1-5H,(H,12,13)/p-1. The maximum absolute atomic E-state index is 10.5. The van der Waals surface area contributed by atoms with E-state index in [0.717, 1.165) is 0 Å². The molecule has 0 aliphatic heterocycles. The Balaban J connectivity index is 2.69. The van der Waals surface area contributed by atoms with Gasteiger partial charge >= 0.3 is 0 Å². The number of carbonyl (C=O) groups excluding carboxylic acids is 1. The van der Waals surface area contributed by atoms with Crippen molar-refractivity contribution in [1.29, 1.82) is 0 Å². The maximum Gasteiger partial charge on any atom is 0.159 e. The number of carbonyl (C=O) groups is 1. The van der Waals surface area contributed by atoms with Crippen molar-refractivity contribution in [3.8, 4) is 0 Å². The van der Waals surface area contributed by atoms with Crippen molar-refractivity contribution in [1.82, 2.24) is 9.97 Å². The van der Waals surface area contributed by atoms with Crippen molar-refractivity contribution >= 4 is 17.0 Å². The van der Waals surface area contributed by atoms with E-state index in [0.29, 0.717) is 11.0 Å². The predicted octanol–water partition coefficient (Wildman–Crippen LogP) is -0.00670. The Hall–Kier alpha value is -1.97. The summed E-state index contributed by atoms with van der Waals surface area (Å²) < 4.78 is 0. The first-order chi connectivity index (χ1) is 6.27. The molecule has 0 fully saturated rings. The molecule has 13 heavy (non-hydrogen) atoms. The molecule has 0 atom stereocenters.